The van der Waals surface area contributed by atoms with Gasteiger partial charge < -0.3 is 40.4 Å². The predicted molar refractivity (Wildman–Crippen MR) is 359 cm³/mol. The number of carbonyl (C=O) groups is 8. The fraction of sp³-hybridized carbons (Fsp3) is 0.882. The largest absolute Gasteiger partial charge is 0.354 e. The molecule has 8 atom stereocenters. The third-order valence-electron chi connectivity index (χ3n) is 19.7. The van der Waals surface area contributed by atoms with Gasteiger partial charge >= 0.3 is 0 Å². The van der Waals surface area contributed by atoms with Crippen molar-refractivity contribution in [3.05, 3.63) is 0 Å². The van der Waals surface area contributed by atoms with Crippen LogP contribution in [0.5, 0.6) is 0 Å². The van der Waals surface area contributed by atoms with Crippen LogP contribution < -0.4 is 21.3 Å². The standard InChI is InChI=1S/C18H36N2O2.C15H28N2O2.C15H30N2O2.C13H24N2O2.2C2H6.3CH4/c1-13(20(10)11)14(22)19-18(8,9)17(6,7)16(4,5)15(2,3)12-21;1-11(17(4)5)14(19)16-13-9-7-6-8-12(13)15(2,3)10-18;1-11(17(8)9)12(19)16-15(6,7)14(4,5)13(2,3)10-18;1-10(15(2)3)13(17)14-8-11-6-4-5-7-12(11)9-16;2*1-2;;;/h12-13H,1-11H3,(H,19,22);10-13H,6-9H2,1-5H3,(H,16,19);10-11H,1-9H3,(H,16,19);9-12H,4-8H2,1-3H3,(H,14,17);2*1-2H3;3*1H4/t;11-,12?,13?;;10-,11?,12?;;;;;/m.0.0...../s1/i12D;2*10D;9D;;;;;. The second-order valence-electron chi connectivity index (χ2n) is 27.5. The van der Waals surface area contributed by atoms with Gasteiger partial charge in [0.05, 0.1) is 24.2 Å². The molecule has 0 aromatic heterocycles. The van der Waals surface area contributed by atoms with Crippen LogP contribution in [0.3, 0.4) is 0 Å². The second-order valence-corrected chi connectivity index (χ2v) is 27.5. The minimum Gasteiger partial charge on any atom is -0.354 e. The number of hydrogen-bond donors (Lipinski definition) is 4. The Morgan fingerprint density at radius 2 is 0.786 bits per heavy atom. The van der Waals surface area contributed by atoms with E-state index in [0.29, 0.717) is 6.54 Å². The van der Waals surface area contributed by atoms with Crippen molar-refractivity contribution >= 4 is 48.7 Å². The highest BCUT2D eigenvalue weighted by Crippen LogP contribution is 2.55. The fourth-order valence-electron chi connectivity index (χ4n) is 9.21. The Balaban J connectivity index is -0.000000193. The van der Waals surface area contributed by atoms with Crippen LogP contribution in [0.4, 0.5) is 0 Å². The lowest BCUT2D eigenvalue weighted by Crippen LogP contribution is -2.64. The second kappa shape index (κ2) is 40.8. The number of carbonyl (C=O) groups excluding carboxylic acids is 8. The molecule has 0 bridgehead atoms. The summed E-state index contributed by atoms with van der Waals surface area (Å²) in [7, 11) is 14.9. The molecule has 0 saturated heterocycles. The third-order valence-corrected chi connectivity index (χ3v) is 19.7. The number of likely N-dealkylation sites (N-methyl/N-ethyl adjacent to an activating group) is 4. The maximum atomic E-state index is 12.5. The molecule has 4 N–H and O–H groups in total. The van der Waals surface area contributed by atoms with Gasteiger partial charge in [-0.25, -0.2) is 0 Å². The Kier molecular flexibility index (Phi) is 41.1. The first-order valence-corrected chi connectivity index (χ1v) is 30.1. The van der Waals surface area contributed by atoms with Crippen LogP contribution in [0.15, 0.2) is 0 Å². The Labute approximate surface area is 525 Å². The number of nitrogens with one attached hydrogen (secondary N) is 4. The van der Waals surface area contributed by atoms with Gasteiger partial charge in [0.25, 0.3) is 0 Å². The number of nitrogens with zero attached hydrogens (tertiary/aromatic N) is 4. The zero-order chi connectivity index (χ0) is 68.7. The van der Waals surface area contributed by atoms with E-state index in [9.17, 15) is 38.4 Å². The molecule has 502 valence electrons. The lowest BCUT2D eigenvalue weighted by Gasteiger charge is -2.57. The van der Waals surface area contributed by atoms with Crippen molar-refractivity contribution in [2.24, 2.45) is 50.2 Å². The van der Waals surface area contributed by atoms with Crippen LogP contribution in [0.25, 0.3) is 0 Å². The van der Waals surface area contributed by atoms with Gasteiger partial charge in [-0.05, 0) is 166 Å². The number of hydrogen-bond acceptors (Lipinski definition) is 12. The van der Waals surface area contributed by atoms with Crippen molar-refractivity contribution < 1.29 is 43.8 Å². The van der Waals surface area contributed by atoms with E-state index in [2.05, 4.69) is 35.1 Å². The molecule has 2 aliphatic rings. The smallest absolute Gasteiger partial charge is 0.237 e. The van der Waals surface area contributed by atoms with E-state index in [1.807, 2.05) is 214 Å². The Morgan fingerprint density at radius 3 is 1.14 bits per heavy atom. The highest BCUT2D eigenvalue weighted by molar-refractivity contribution is 5.83. The molecule has 6 unspecified atom stereocenters. The number of rotatable bonds is 23. The van der Waals surface area contributed by atoms with Crippen LogP contribution in [0.2, 0.25) is 0 Å². The highest BCUT2D eigenvalue weighted by atomic mass is 16.2. The Bertz CT molecular complexity index is 2110. The summed E-state index contributed by atoms with van der Waals surface area (Å²) >= 11 is 0. The summed E-state index contributed by atoms with van der Waals surface area (Å²) in [5.41, 5.74) is -5.05. The lowest BCUT2D eigenvalue weighted by molar-refractivity contribution is -0.137. The molecular weight excluding hydrogens is 1060 g/mol. The van der Waals surface area contributed by atoms with E-state index in [1.54, 1.807) is 13.8 Å². The molecule has 0 spiro atoms. The monoisotopic (exact) mass is 1200 g/mol. The first-order chi connectivity index (χ1) is 38.2. The quantitative estimate of drug-likeness (QED) is 0.0708. The summed E-state index contributed by atoms with van der Waals surface area (Å²) in [4.78, 5) is 103. The topological polar surface area (TPSA) is 198 Å². The molecule has 16 heteroatoms. The maximum Gasteiger partial charge on any atom is 0.237 e. The van der Waals surface area contributed by atoms with Gasteiger partial charge in [-0.15, -0.1) is 0 Å². The summed E-state index contributed by atoms with van der Waals surface area (Å²) in [6, 6.07) is -0.840. The van der Waals surface area contributed by atoms with Crippen molar-refractivity contribution in [2.75, 3.05) is 62.9 Å². The van der Waals surface area contributed by atoms with Gasteiger partial charge in [0.15, 0.2) is 0 Å². The molecule has 2 saturated carbocycles. The van der Waals surface area contributed by atoms with Crippen LogP contribution in [0, 0.1) is 50.2 Å². The van der Waals surface area contributed by atoms with Gasteiger partial charge in [0.1, 0.15) is 30.5 Å². The van der Waals surface area contributed by atoms with Gasteiger partial charge in [0.2, 0.25) is 23.6 Å². The molecule has 2 aliphatic carbocycles. The number of amides is 4. The molecule has 0 aliphatic heterocycles. The first-order valence-electron chi connectivity index (χ1n) is 32.1. The van der Waals surface area contributed by atoms with E-state index in [4.69, 9.17) is 5.48 Å². The first kappa shape index (κ1) is 84.6. The summed E-state index contributed by atoms with van der Waals surface area (Å²) in [6.07, 6.45) is 5.56. The minimum atomic E-state index is -0.856. The molecule has 0 aromatic carbocycles. The van der Waals surface area contributed by atoms with Crippen molar-refractivity contribution in [3.63, 3.8) is 0 Å². The van der Waals surface area contributed by atoms with Crippen molar-refractivity contribution in [3.8, 4) is 0 Å². The van der Waals surface area contributed by atoms with Crippen LogP contribution in [0.1, 0.15) is 245 Å². The van der Waals surface area contributed by atoms with Crippen LogP contribution in [-0.2, 0) is 38.4 Å². The SMILES string of the molecule is C.C.C.CC.CC.[2H]C(=O)C(C)(C)C(C)(C)C(C)(C)C(C)(C)NC(=O)C(C)N(C)C.[2H]C(=O)C(C)(C)C(C)(C)C(C)(C)NC(=O)C(C)N(C)C.[2H]C(=O)C(C)(C)C1CCCCC1NC(=O)[C@H](C)N(C)C.[2H]C(=O)C1CCCCC1CNC(=O)[C@H](C)N(C)C. The zero-order valence-electron chi connectivity index (χ0n) is 62.0. The van der Waals surface area contributed by atoms with E-state index < -0.39 is 68.6 Å². The molecule has 0 aromatic rings. The summed E-state index contributed by atoms with van der Waals surface area (Å²) in [5.74, 6) is -0.127. The Morgan fingerprint density at radius 1 is 0.464 bits per heavy atom. The van der Waals surface area contributed by atoms with E-state index in [-0.39, 0.29) is 93.9 Å². The summed E-state index contributed by atoms with van der Waals surface area (Å²) in [6.45, 7) is 46.4. The Hall–Kier alpha value is -3.60. The predicted octanol–water partition coefficient (Wildman–Crippen LogP) is 12.0. The van der Waals surface area contributed by atoms with Crippen LogP contribution >= 0.6 is 0 Å². The molecule has 4 amide bonds. The highest BCUT2D eigenvalue weighted by Gasteiger charge is 2.55. The fourth-order valence-corrected chi connectivity index (χ4v) is 9.21. The van der Waals surface area contributed by atoms with Gasteiger partial charge in [0, 0.05) is 45.8 Å². The molecule has 84 heavy (non-hydrogen) atoms. The summed E-state index contributed by atoms with van der Waals surface area (Å²) < 4.78 is 29.9. The lowest BCUT2D eigenvalue weighted by atomic mass is 9.50. The summed E-state index contributed by atoms with van der Waals surface area (Å²) in [5, 5.41) is 12.2. The van der Waals surface area contributed by atoms with E-state index >= 15 is 0 Å². The number of aldehydes is 4. The molecule has 0 heterocycles. The van der Waals surface area contributed by atoms with Crippen molar-refractivity contribution in [2.45, 2.75) is 281 Å². The minimum absolute atomic E-state index is 0. The molecule has 0 radical (unpaired) electrons. The third kappa shape index (κ3) is 27.2. The zero-order valence-corrected chi connectivity index (χ0v) is 58.0. The van der Waals surface area contributed by atoms with Crippen molar-refractivity contribution in [1.29, 1.82) is 0 Å². The van der Waals surface area contributed by atoms with Gasteiger partial charge in [-0.2, -0.15) is 0 Å². The normalized spacial score (nSPS) is 19.6. The van der Waals surface area contributed by atoms with Crippen molar-refractivity contribution in [1.82, 2.24) is 40.9 Å². The molecule has 2 rings (SSSR count). The van der Waals surface area contributed by atoms with Crippen LogP contribution in [-0.4, -0.2) is 172 Å². The molecular formula is C68H142N8O8. The maximum absolute atomic E-state index is 12.5. The average molecular weight is 1200 g/mol. The van der Waals surface area contributed by atoms with E-state index in [1.165, 1.54) is 0 Å². The van der Waals surface area contributed by atoms with E-state index in [0.717, 1.165) is 51.4 Å². The molecule has 2 fully saturated rings. The average Bonchev–Trinajstić information content (AvgIpc) is 3.40. The molecule has 16 nitrogen and oxygen atoms in total. The van der Waals surface area contributed by atoms with Gasteiger partial charge in [-0.3, -0.25) is 38.8 Å². The van der Waals surface area contributed by atoms with Gasteiger partial charge in [-0.1, -0.05) is 159 Å².